The van der Waals surface area contributed by atoms with Crippen molar-refractivity contribution < 1.29 is 19.4 Å². The number of piperazine rings is 1. The molecule has 0 aromatic heterocycles. The van der Waals surface area contributed by atoms with Gasteiger partial charge in [0.05, 0.1) is 6.54 Å². The van der Waals surface area contributed by atoms with Crippen LogP contribution in [0.4, 0.5) is 4.79 Å². The molecule has 0 unspecified atom stereocenters. The molecule has 1 aliphatic heterocycles. The van der Waals surface area contributed by atoms with E-state index in [4.69, 9.17) is 4.74 Å². The van der Waals surface area contributed by atoms with E-state index in [2.05, 4.69) is 24.3 Å². The highest BCUT2D eigenvalue weighted by Gasteiger charge is 2.34. The van der Waals surface area contributed by atoms with Crippen molar-refractivity contribution >= 4 is 24.5 Å². The Kier molecular flexibility index (Phi) is 5.91. The summed E-state index contributed by atoms with van der Waals surface area (Å²) in [5.41, 5.74) is 4.68. The van der Waals surface area contributed by atoms with E-state index in [0.29, 0.717) is 13.1 Å². The van der Waals surface area contributed by atoms with Gasteiger partial charge in [-0.15, -0.1) is 12.4 Å². The standard InChI is InChI=1S/C21H22N2O4.ClH/c1-22-10-11-23(12-19(22)20(24)25)21(26)27-13-18-16-8-4-2-6-14(16)15-7-3-5-9-17(15)18;/h2-9,18-19H,10-13H2,1H3,(H,24,25);1H/t19-;/m0./s1. The molecule has 0 saturated carbocycles. The van der Waals surface area contributed by atoms with E-state index < -0.39 is 18.1 Å². The number of aliphatic carboxylic acids is 1. The molecule has 1 atom stereocenters. The maximum atomic E-state index is 12.5. The molecule has 1 fully saturated rings. The second-order valence-corrected chi connectivity index (χ2v) is 7.08. The van der Waals surface area contributed by atoms with E-state index in [0.717, 1.165) is 11.1 Å². The van der Waals surface area contributed by atoms with Gasteiger partial charge < -0.3 is 14.7 Å². The number of carbonyl (C=O) groups is 2. The van der Waals surface area contributed by atoms with Crippen molar-refractivity contribution in [1.29, 1.82) is 0 Å². The number of nitrogens with zero attached hydrogens (tertiary/aromatic N) is 2. The summed E-state index contributed by atoms with van der Waals surface area (Å²) in [6.45, 7) is 1.37. The molecule has 0 spiro atoms. The highest BCUT2D eigenvalue weighted by Crippen LogP contribution is 2.44. The summed E-state index contributed by atoms with van der Waals surface area (Å²) >= 11 is 0. The van der Waals surface area contributed by atoms with Gasteiger partial charge in [-0.05, 0) is 29.3 Å². The van der Waals surface area contributed by atoms with Crippen LogP contribution in [-0.4, -0.2) is 66.3 Å². The first-order valence-electron chi connectivity index (χ1n) is 9.09. The Bertz CT molecular complexity index is 843. The minimum atomic E-state index is -0.923. The number of carbonyl (C=O) groups excluding carboxylic acids is 1. The number of rotatable bonds is 3. The fraction of sp³-hybridized carbons (Fsp3) is 0.333. The van der Waals surface area contributed by atoms with E-state index in [-0.39, 0.29) is 31.5 Å². The molecule has 2 aromatic rings. The number of ether oxygens (including phenoxy) is 1. The Labute approximate surface area is 170 Å². The quantitative estimate of drug-likeness (QED) is 0.854. The number of fused-ring (bicyclic) bond motifs is 3. The number of hydrogen-bond acceptors (Lipinski definition) is 4. The number of amides is 1. The van der Waals surface area contributed by atoms with Crippen LogP contribution in [-0.2, 0) is 9.53 Å². The zero-order valence-electron chi connectivity index (χ0n) is 15.6. The van der Waals surface area contributed by atoms with E-state index >= 15 is 0 Å². The smallest absolute Gasteiger partial charge is 0.409 e. The van der Waals surface area contributed by atoms with E-state index in [1.807, 2.05) is 24.3 Å². The van der Waals surface area contributed by atoms with Gasteiger partial charge in [0.1, 0.15) is 12.6 Å². The molecule has 4 rings (SSSR count). The summed E-state index contributed by atoms with van der Waals surface area (Å²) < 4.78 is 5.62. The highest BCUT2D eigenvalue weighted by atomic mass is 35.5. The molecule has 28 heavy (non-hydrogen) atoms. The van der Waals surface area contributed by atoms with Crippen LogP contribution < -0.4 is 0 Å². The third-order valence-electron chi connectivity index (χ3n) is 5.53. The van der Waals surface area contributed by atoms with Crippen molar-refractivity contribution in [2.24, 2.45) is 0 Å². The average Bonchev–Trinajstić information content (AvgIpc) is 3.00. The second-order valence-electron chi connectivity index (χ2n) is 7.08. The maximum Gasteiger partial charge on any atom is 0.409 e. The van der Waals surface area contributed by atoms with E-state index in [1.54, 1.807) is 11.9 Å². The molecule has 0 radical (unpaired) electrons. The van der Waals surface area contributed by atoms with E-state index in [1.165, 1.54) is 16.0 Å². The summed E-state index contributed by atoms with van der Waals surface area (Å²) in [5, 5.41) is 9.31. The van der Waals surface area contributed by atoms with Crippen molar-refractivity contribution in [3.63, 3.8) is 0 Å². The van der Waals surface area contributed by atoms with Crippen LogP contribution in [0.1, 0.15) is 17.0 Å². The minimum absolute atomic E-state index is 0. The van der Waals surface area contributed by atoms with Gasteiger partial charge in [0.2, 0.25) is 0 Å². The third-order valence-corrected chi connectivity index (χ3v) is 5.53. The largest absolute Gasteiger partial charge is 0.480 e. The van der Waals surface area contributed by atoms with Crippen molar-refractivity contribution in [2.75, 3.05) is 33.3 Å². The Morgan fingerprint density at radius 3 is 2.18 bits per heavy atom. The minimum Gasteiger partial charge on any atom is -0.480 e. The highest BCUT2D eigenvalue weighted by molar-refractivity contribution is 5.85. The van der Waals surface area contributed by atoms with Crippen LogP contribution in [0, 0.1) is 0 Å². The predicted octanol–water partition coefficient (Wildman–Crippen LogP) is 3.06. The molecule has 2 aliphatic rings. The van der Waals surface area contributed by atoms with Gasteiger partial charge in [0, 0.05) is 19.0 Å². The average molecular weight is 403 g/mol. The molecular formula is C21H23ClN2O4. The Morgan fingerprint density at radius 1 is 1.04 bits per heavy atom. The molecular weight excluding hydrogens is 380 g/mol. The molecule has 7 heteroatoms. The van der Waals surface area contributed by atoms with Gasteiger partial charge in [-0.2, -0.15) is 0 Å². The third kappa shape index (κ3) is 3.57. The molecule has 1 heterocycles. The number of carboxylic acid groups (broad SMARTS) is 1. The van der Waals surface area contributed by atoms with E-state index in [9.17, 15) is 14.7 Å². The lowest BCUT2D eigenvalue weighted by molar-refractivity contribution is -0.144. The normalized spacial score (nSPS) is 18.8. The van der Waals surface area contributed by atoms with Crippen LogP contribution in [0.3, 0.4) is 0 Å². The molecule has 1 N–H and O–H groups in total. The maximum absolute atomic E-state index is 12.5. The Hall–Kier alpha value is -2.57. The SMILES string of the molecule is CN1CCN(C(=O)OCC2c3ccccc3-c3ccccc32)C[C@H]1C(=O)O.Cl. The lowest BCUT2D eigenvalue weighted by Gasteiger charge is -2.36. The summed E-state index contributed by atoms with van der Waals surface area (Å²) in [6, 6.07) is 15.7. The summed E-state index contributed by atoms with van der Waals surface area (Å²) in [4.78, 5) is 27.1. The van der Waals surface area contributed by atoms with Crippen molar-refractivity contribution in [3.05, 3.63) is 59.7 Å². The predicted molar refractivity (Wildman–Crippen MR) is 108 cm³/mol. The van der Waals surface area contributed by atoms with Gasteiger partial charge in [-0.3, -0.25) is 9.69 Å². The topological polar surface area (TPSA) is 70.1 Å². The first-order valence-corrected chi connectivity index (χ1v) is 9.09. The summed E-state index contributed by atoms with van der Waals surface area (Å²) in [6.07, 6.45) is -0.448. The Balaban J connectivity index is 0.00000225. The zero-order valence-corrected chi connectivity index (χ0v) is 16.4. The van der Waals surface area contributed by atoms with Gasteiger partial charge >= 0.3 is 12.1 Å². The monoisotopic (exact) mass is 402 g/mol. The lowest BCUT2D eigenvalue weighted by Crippen LogP contribution is -2.56. The van der Waals surface area contributed by atoms with Crippen LogP contribution in [0.25, 0.3) is 11.1 Å². The molecule has 1 saturated heterocycles. The molecule has 2 aromatic carbocycles. The molecule has 6 nitrogen and oxygen atoms in total. The first kappa shape index (κ1) is 20.2. The lowest BCUT2D eigenvalue weighted by atomic mass is 9.98. The van der Waals surface area contributed by atoms with Gasteiger partial charge in [0.25, 0.3) is 0 Å². The fourth-order valence-corrected chi connectivity index (χ4v) is 3.99. The van der Waals surface area contributed by atoms with Crippen LogP contribution in [0.5, 0.6) is 0 Å². The van der Waals surface area contributed by atoms with Crippen LogP contribution >= 0.6 is 12.4 Å². The van der Waals surface area contributed by atoms with Gasteiger partial charge in [-0.25, -0.2) is 4.79 Å². The number of benzene rings is 2. The van der Waals surface area contributed by atoms with Crippen molar-refractivity contribution in [2.45, 2.75) is 12.0 Å². The van der Waals surface area contributed by atoms with Gasteiger partial charge in [-0.1, -0.05) is 48.5 Å². The summed E-state index contributed by atoms with van der Waals surface area (Å²) in [7, 11) is 1.76. The number of likely N-dealkylation sites (N-methyl/N-ethyl adjacent to an activating group) is 1. The zero-order chi connectivity index (χ0) is 19.0. The first-order chi connectivity index (χ1) is 13.1. The molecule has 1 aliphatic carbocycles. The molecule has 1 amide bonds. The van der Waals surface area contributed by atoms with Crippen molar-refractivity contribution in [3.8, 4) is 11.1 Å². The number of halogens is 1. The van der Waals surface area contributed by atoms with Gasteiger partial charge in [0.15, 0.2) is 0 Å². The number of carboxylic acids is 1. The summed E-state index contributed by atoms with van der Waals surface area (Å²) in [5.74, 6) is -0.919. The molecule has 0 bridgehead atoms. The van der Waals surface area contributed by atoms with Crippen LogP contribution in [0.15, 0.2) is 48.5 Å². The molecule has 148 valence electrons. The Morgan fingerprint density at radius 2 is 1.61 bits per heavy atom. The van der Waals surface area contributed by atoms with Crippen molar-refractivity contribution in [1.82, 2.24) is 9.80 Å². The second kappa shape index (κ2) is 8.20. The number of hydrogen-bond donors (Lipinski definition) is 1. The fourth-order valence-electron chi connectivity index (χ4n) is 3.99. The van der Waals surface area contributed by atoms with Crippen LogP contribution in [0.2, 0.25) is 0 Å².